The molecule has 0 bridgehead atoms. The van der Waals surface area contributed by atoms with E-state index in [9.17, 15) is 19.5 Å². The molecule has 0 aromatic heterocycles. The second kappa shape index (κ2) is 10.3. The number of nitrogens with one attached hydrogen (secondary N) is 1. The second-order valence-corrected chi connectivity index (χ2v) is 11.2. The van der Waals surface area contributed by atoms with Crippen molar-refractivity contribution in [2.75, 3.05) is 21.1 Å². The van der Waals surface area contributed by atoms with E-state index in [0.29, 0.717) is 12.8 Å². The Balaban J connectivity index is 2.37. The van der Waals surface area contributed by atoms with Gasteiger partial charge in [-0.15, -0.1) is 0 Å². The molecular weight excluding hydrogens is 430 g/mol. The standard InChI is InChI=1S/C27H41N3O4/c1-17(2)21(14-18(3)24(32)33)30(9)23(31)22(26(4,5)6)28-25(34)27(29(7)8)15-19-12-10-11-13-20(19)16-27/h10-14,17,21-22H,15-16H2,1-9H3,(H,28,34)(H,32,33)/b18-14+/t21-,22?/m1/s1. The molecule has 2 rings (SSSR count). The van der Waals surface area contributed by atoms with Crippen molar-refractivity contribution in [1.82, 2.24) is 15.1 Å². The van der Waals surface area contributed by atoms with E-state index in [1.807, 2.05) is 65.7 Å². The van der Waals surface area contributed by atoms with Crippen molar-refractivity contribution in [3.63, 3.8) is 0 Å². The summed E-state index contributed by atoms with van der Waals surface area (Å²) in [6, 6.07) is 6.89. The number of fused-ring (bicyclic) bond motifs is 1. The van der Waals surface area contributed by atoms with Gasteiger partial charge in [0.2, 0.25) is 11.8 Å². The highest BCUT2D eigenvalue weighted by atomic mass is 16.4. The molecule has 34 heavy (non-hydrogen) atoms. The highest BCUT2D eigenvalue weighted by Gasteiger charge is 2.48. The van der Waals surface area contributed by atoms with Gasteiger partial charge in [0.1, 0.15) is 11.6 Å². The zero-order valence-corrected chi connectivity index (χ0v) is 22.1. The molecule has 0 aliphatic heterocycles. The van der Waals surface area contributed by atoms with E-state index in [4.69, 9.17) is 0 Å². The number of carbonyl (C=O) groups excluding carboxylic acids is 2. The lowest BCUT2D eigenvalue weighted by Crippen LogP contribution is -2.63. The largest absolute Gasteiger partial charge is 0.478 e. The smallest absolute Gasteiger partial charge is 0.331 e. The molecule has 7 heteroatoms. The summed E-state index contributed by atoms with van der Waals surface area (Å²) < 4.78 is 0. The van der Waals surface area contributed by atoms with E-state index >= 15 is 0 Å². The second-order valence-electron chi connectivity index (χ2n) is 11.2. The third kappa shape index (κ3) is 5.69. The van der Waals surface area contributed by atoms with E-state index in [1.54, 1.807) is 18.0 Å². The molecule has 1 aromatic rings. The fourth-order valence-corrected chi connectivity index (χ4v) is 4.62. The van der Waals surface area contributed by atoms with Gasteiger partial charge >= 0.3 is 5.97 Å². The van der Waals surface area contributed by atoms with Crippen molar-refractivity contribution >= 4 is 17.8 Å². The molecule has 7 nitrogen and oxygen atoms in total. The average Bonchev–Trinajstić information content (AvgIpc) is 3.14. The number of hydrogen-bond donors (Lipinski definition) is 2. The van der Waals surface area contributed by atoms with Crippen LogP contribution in [0, 0.1) is 11.3 Å². The molecule has 1 aliphatic carbocycles. The summed E-state index contributed by atoms with van der Waals surface area (Å²) in [6.07, 6.45) is 2.78. The van der Waals surface area contributed by atoms with Crippen LogP contribution in [0.25, 0.3) is 0 Å². The van der Waals surface area contributed by atoms with Crippen LogP contribution < -0.4 is 5.32 Å². The highest BCUT2D eigenvalue weighted by molar-refractivity contribution is 5.94. The lowest BCUT2D eigenvalue weighted by atomic mass is 9.83. The summed E-state index contributed by atoms with van der Waals surface area (Å²) >= 11 is 0. The van der Waals surface area contributed by atoms with Crippen LogP contribution in [0.15, 0.2) is 35.9 Å². The van der Waals surface area contributed by atoms with Gasteiger partial charge in [-0.1, -0.05) is 65.0 Å². The van der Waals surface area contributed by atoms with Gasteiger partial charge < -0.3 is 15.3 Å². The monoisotopic (exact) mass is 471 g/mol. The van der Waals surface area contributed by atoms with E-state index in [-0.39, 0.29) is 23.3 Å². The Morgan fingerprint density at radius 3 is 1.94 bits per heavy atom. The summed E-state index contributed by atoms with van der Waals surface area (Å²) in [6.45, 7) is 11.2. The van der Waals surface area contributed by atoms with Crippen LogP contribution in [0.1, 0.15) is 52.7 Å². The minimum absolute atomic E-state index is 0.00276. The van der Waals surface area contributed by atoms with Crippen LogP contribution >= 0.6 is 0 Å². The maximum atomic E-state index is 13.8. The average molecular weight is 472 g/mol. The summed E-state index contributed by atoms with van der Waals surface area (Å²) in [7, 11) is 5.48. The third-order valence-electron chi connectivity index (χ3n) is 6.99. The number of amides is 2. The van der Waals surface area contributed by atoms with E-state index in [0.717, 1.165) is 11.1 Å². The van der Waals surface area contributed by atoms with Crippen LogP contribution in [0.4, 0.5) is 0 Å². The predicted octanol–water partition coefficient (Wildman–Crippen LogP) is 3.13. The molecule has 2 amide bonds. The van der Waals surface area contributed by atoms with Gasteiger partial charge in [0, 0.05) is 25.5 Å². The van der Waals surface area contributed by atoms with Crippen LogP contribution in [0.3, 0.4) is 0 Å². The SMILES string of the molecule is C/C(=C\[C@H](C(C)C)N(C)C(=O)C(NC(=O)C1(N(C)C)Cc2ccccc2C1)C(C)(C)C)C(=O)O. The number of carboxylic acids is 1. The minimum atomic E-state index is -1.01. The number of carboxylic acid groups (broad SMARTS) is 1. The lowest BCUT2D eigenvalue weighted by Gasteiger charge is -2.41. The molecule has 1 unspecified atom stereocenters. The molecular formula is C27H41N3O4. The number of nitrogens with zero attached hydrogens (tertiary/aromatic N) is 2. The van der Waals surface area contributed by atoms with Crippen LogP contribution in [0.5, 0.6) is 0 Å². The summed E-state index contributed by atoms with van der Waals surface area (Å²) in [4.78, 5) is 42.5. The fourth-order valence-electron chi connectivity index (χ4n) is 4.62. The number of likely N-dealkylation sites (N-methyl/N-ethyl adjacent to an activating group) is 2. The molecule has 1 aliphatic rings. The van der Waals surface area contributed by atoms with E-state index in [2.05, 4.69) is 17.4 Å². The molecule has 0 spiro atoms. The molecule has 0 saturated carbocycles. The van der Waals surface area contributed by atoms with Gasteiger partial charge in [0.05, 0.1) is 6.04 Å². The Morgan fingerprint density at radius 2 is 1.56 bits per heavy atom. The molecule has 0 radical (unpaired) electrons. The number of rotatable bonds is 8. The van der Waals surface area contributed by atoms with Crippen molar-refractivity contribution in [2.45, 2.75) is 72.0 Å². The Bertz CT molecular complexity index is 934. The van der Waals surface area contributed by atoms with Crippen molar-refractivity contribution in [3.8, 4) is 0 Å². The number of hydrogen-bond acceptors (Lipinski definition) is 4. The van der Waals surface area contributed by atoms with Gasteiger partial charge in [0.15, 0.2) is 0 Å². The Hall–Kier alpha value is -2.67. The molecule has 2 N–H and O–H groups in total. The molecule has 188 valence electrons. The first kappa shape index (κ1) is 27.6. The van der Waals surface area contributed by atoms with Crippen molar-refractivity contribution < 1.29 is 19.5 Å². The molecule has 2 atom stereocenters. The van der Waals surface area contributed by atoms with Gasteiger partial charge in [-0.2, -0.15) is 0 Å². The van der Waals surface area contributed by atoms with Crippen LogP contribution in [-0.4, -0.2) is 71.5 Å². The first-order valence-corrected chi connectivity index (χ1v) is 11.9. The number of benzene rings is 1. The zero-order chi connectivity index (χ0) is 26.0. The Morgan fingerprint density at radius 1 is 1.06 bits per heavy atom. The Kier molecular flexibility index (Phi) is 8.35. The van der Waals surface area contributed by atoms with E-state index in [1.165, 1.54) is 6.92 Å². The van der Waals surface area contributed by atoms with Gasteiger partial charge in [-0.25, -0.2) is 4.79 Å². The molecule has 1 aromatic carbocycles. The summed E-state index contributed by atoms with van der Waals surface area (Å²) in [5.41, 5.74) is 1.16. The van der Waals surface area contributed by atoms with Crippen molar-refractivity contribution in [3.05, 3.63) is 47.0 Å². The fraction of sp³-hybridized carbons (Fsp3) is 0.593. The predicted molar refractivity (Wildman–Crippen MR) is 134 cm³/mol. The maximum Gasteiger partial charge on any atom is 0.331 e. The van der Waals surface area contributed by atoms with Gasteiger partial charge in [-0.3, -0.25) is 14.5 Å². The summed E-state index contributed by atoms with van der Waals surface area (Å²) in [5.74, 6) is -1.43. The number of carbonyl (C=O) groups is 3. The topological polar surface area (TPSA) is 90.0 Å². The molecule has 0 heterocycles. The molecule has 0 fully saturated rings. The van der Waals surface area contributed by atoms with Crippen molar-refractivity contribution in [1.29, 1.82) is 0 Å². The highest BCUT2D eigenvalue weighted by Crippen LogP contribution is 2.34. The summed E-state index contributed by atoms with van der Waals surface area (Å²) in [5, 5.41) is 12.4. The van der Waals surface area contributed by atoms with Crippen LogP contribution in [0.2, 0.25) is 0 Å². The van der Waals surface area contributed by atoms with Crippen molar-refractivity contribution in [2.24, 2.45) is 11.3 Å². The van der Waals surface area contributed by atoms with Gasteiger partial charge in [0.25, 0.3) is 0 Å². The quantitative estimate of drug-likeness (QED) is 0.569. The minimum Gasteiger partial charge on any atom is -0.478 e. The first-order valence-electron chi connectivity index (χ1n) is 11.9. The van der Waals surface area contributed by atoms with E-state index < -0.39 is 29.0 Å². The Labute approximate surface area is 204 Å². The molecule has 0 saturated heterocycles. The normalized spacial score (nSPS) is 17.3. The lowest BCUT2D eigenvalue weighted by molar-refractivity contribution is -0.143. The zero-order valence-electron chi connectivity index (χ0n) is 22.1. The first-order chi connectivity index (χ1) is 15.6. The van der Waals surface area contributed by atoms with Crippen LogP contribution in [-0.2, 0) is 27.2 Å². The van der Waals surface area contributed by atoms with Gasteiger partial charge in [-0.05, 0) is 43.5 Å². The number of aliphatic carboxylic acids is 1. The third-order valence-corrected chi connectivity index (χ3v) is 6.99. The maximum absolute atomic E-state index is 13.8.